The van der Waals surface area contributed by atoms with Crippen LogP contribution in [0.2, 0.25) is 0 Å². The molecule has 1 aromatic rings. The second kappa shape index (κ2) is 6.85. The van der Waals surface area contributed by atoms with Gasteiger partial charge >= 0.3 is 39.9 Å². The number of phenolic OH excluding ortho intramolecular Hbond substituents is 1. The molecule has 124 valence electrons. The largest absolute Gasteiger partial charge is 1.00 e. The van der Waals surface area contributed by atoms with Crippen molar-refractivity contribution in [1.29, 1.82) is 0 Å². The second-order valence-electron chi connectivity index (χ2n) is 5.37. The number of amides is 2. The van der Waals surface area contributed by atoms with E-state index in [0.29, 0.717) is 16.3 Å². The summed E-state index contributed by atoms with van der Waals surface area (Å²) in [5, 5.41) is 9.19. The number of rotatable bonds is 3. The Bertz CT molecular complexity index is 798. The van der Waals surface area contributed by atoms with Crippen molar-refractivity contribution < 1.29 is 58.7 Å². The first-order chi connectivity index (χ1) is 10.8. The van der Waals surface area contributed by atoms with Gasteiger partial charge in [0, 0.05) is 12.6 Å². The number of nitrogens with zero attached hydrogens (tertiary/aromatic N) is 2. The molecule has 2 atom stereocenters. The summed E-state index contributed by atoms with van der Waals surface area (Å²) in [4.78, 5) is 25.3. The van der Waals surface area contributed by atoms with Crippen LogP contribution in [0, 0.1) is 0 Å². The van der Waals surface area contributed by atoms with Crippen LogP contribution >= 0.6 is 0 Å². The van der Waals surface area contributed by atoms with Crippen LogP contribution in [0.1, 0.15) is 13.4 Å². The molecule has 2 heterocycles. The van der Waals surface area contributed by atoms with Gasteiger partial charge in [0.05, 0.1) is 6.04 Å². The number of carbonyl (C=O) groups excluding carboxylic acids is 2. The number of hydrogen-bond donors (Lipinski definition) is 2. The Kier molecular flexibility index (Phi) is 5.41. The van der Waals surface area contributed by atoms with Gasteiger partial charge in [-0.1, -0.05) is 12.1 Å². The molecule has 0 radical (unpaired) electrons. The first-order valence-electron chi connectivity index (χ1n) is 6.87. The third kappa shape index (κ3) is 3.35. The summed E-state index contributed by atoms with van der Waals surface area (Å²) < 4.78 is 31.6. The topological polar surface area (TPSA) is 115 Å². The zero-order valence-corrected chi connectivity index (χ0v) is 15.7. The molecular weight excluding hydrogens is 347 g/mol. The summed E-state index contributed by atoms with van der Waals surface area (Å²) in [6.07, 6.45) is 3.13. The van der Waals surface area contributed by atoms with Gasteiger partial charge in [0.2, 0.25) is 5.91 Å². The number of aromatic hydroxyl groups is 1. The summed E-state index contributed by atoms with van der Waals surface area (Å²) in [5.74, 6) is -1.09. The number of hydrogen-bond acceptors (Lipinski definition) is 5. The summed E-state index contributed by atoms with van der Waals surface area (Å²) >= 11 is 0. The maximum atomic E-state index is 12.2. The molecule has 2 N–H and O–H groups in total. The summed E-state index contributed by atoms with van der Waals surface area (Å²) in [7, 11) is -4.57. The molecule has 10 heteroatoms. The summed E-state index contributed by atoms with van der Waals surface area (Å²) in [6, 6.07) is 4.68. The van der Waals surface area contributed by atoms with E-state index in [4.69, 9.17) is 4.55 Å². The molecule has 0 saturated carbocycles. The van der Waals surface area contributed by atoms with Crippen LogP contribution in [0.5, 0.6) is 5.75 Å². The van der Waals surface area contributed by atoms with E-state index in [2.05, 4.69) is 0 Å². The number of carbonyl (C=O) groups is 2. The van der Waals surface area contributed by atoms with Crippen LogP contribution in [0.4, 0.5) is 0 Å². The van der Waals surface area contributed by atoms with Gasteiger partial charge in [-0.3, -0.25) is 14.1 Å². The van der Waals surface area contributed by atoms with Crippen molar-refractivity contribution in [3.63, 3.8) is 0 Å². The number of benzene rings is 1. The van der Waals surface area contributed by atoms with Crippen LogP contribution in [-0.2, 0) is 19.9 Å². The first-order valence-corrected chi connectivity index (χ1v) is 8.27. The summed E-state index contributed by atoms with van der Waals surface area (Å²) in [6.45, 7) is 0.242. The fraction of sp³-hybridized carbons (Fsp3) is 0.286. The molecule has 2 aliphatic rings. The minimum atomic E-state index is -4.57. The Balaban J connectivity index is 0.00000156. The van der Waals surface area contributed by atoms with Crippen molar-refractivity contribution in [2.24, 2.45) is 0 Å². The average Bonchev–Trinajstić information content (AvgIpc) is 2.83. The van der Waals surface area contributed by atoms with Crippen molar-refractivity contribution in [3.05, 3.63) is 35.9 Å². The molecule has 3 rings (SSSR count). The third-order valence-electron chi connectivity index (χ3n) is 3.98. The van der Waals surface area contributed by atoms with Gasteiger partial charge in [-0.25, -0.2) is 4.31 Å². The van der Waals surface area contributed by atoms with Crippen molar-refractivity contribution in [2.45, 2.75) is 18.5 Å². The van der Waals surface area contributed by atoms with E-state index < -0.39 is 34.2 Å². The molecule has 2 fully saturated rings. The van der Waals surface area contributed by atoms with Crippen molar-refractivity contribution in [1.82, 2.24) is 9.21 Å². The predicted octanol–water partition coefficient (Wildman–Crippen LogP) is -2.86. The number of β-lactam (4-membered cyclic amide) rings is 1. The molecule has 2 saturated heterocycles. The molecule has 0 aliphatic carbocycles. The molecule has 1 aromatic carbocycles. The SMILES string of the molecule is O=C(C=Cc1ccc(O)cc1)N1CC[C@@H]2[C@H]1C(=O)N2S(=O)(=O)O.[H-].[Na+]. The second-order valence-corrected chi connectivity index (χ2v) is 6.66. The Morgan fingerprint density at radius 2 is 1.92 bits per heavy atom. The molecular formula is C14H15N2NaO6S. The predicted molar refractivity (Wildman–Crippen MR) is 80.6 cm³/mol. The maximum Gasteiger partial charge on any atom is 1.00 e. The average molecular weight is 362 g/mol. The minimum absolute atomic E-state index is 0. The van der Waals surface area contributed by atoms with Crippen LogP contribution in [0.3, 0.4) is 0 Å². The number of fused-ring (bicyclic) bond motifs is 1. The molecule has 2 amide bonds. The van der Waals surface area contributed by atoms with Crippen LogP contribution in [0.15, 0.2) is 30.3 Å². The van der Waals surface area contributed by atoms with Crippen molar-refractivity contribution in [3.8, 4) is 5.75 Å². The molecule has 0 aromatic heterocycles. The summed E-state index contributed by atoms with van der Waals surface area (Å²) in [5.41, 5.74) is 0.700. The van der Waals surface area contributed by atoms with Crippen LogP contribution in [0.25, 0.3) is 6.08 Å². The number of likely N-dealkylation sites (tertiary alicyclic amines) is 1. The van der Waals surface area contributed by atoms with Gasteiger partial charge in [-0.05, 0) is 30.2 Å². The third-order valence-corrected chi connectivity index (χ3v) is 4.93. The maximum absolute atomic E-state index is 12.2. The quantitative estimate of drug-likeness (QED) is 0.259. The number of phenols is 1. The smallest absolute Gasteiger partial charge is 1.00 e. The first kappa shape index (κ1) is 18.9. The van der Waals surface area contributed by atoms with Gasteiger partial charge in [0.15, 0.2) is 0 Å². The van der Waals surface area contributed by atoms with Crippen molar-refractivity contribution >= 4 is 28.2 Å². The van der Waals surface area contributed by atoms with E-state index >= 15 is 0 Å². The van der Waals surface area contributed by atoms with E-state index in [1.807, 2.05) is 0 Å². The van der Waals surface area contributed by atoms with E-state index in [-0.39, 0.29) is 43.3 Å². The van der Waals surface area contributed by atoms with Crippen molar-refractivity contribution in [2.75, 3.05) is 6.54 Å². The molecule has 24 heavy (non-hydrogen) atoms. The molecule has 8 nitrogen and oxygen atoms in total. The Morgan fingerprint density at radius 1 is 1.29 bits per heavy atom. The Labute approximate surface area is 162 Å². The van der Waals surface area contributed by atoms with Gasteiger partial charge in [0.25, 0.3) is 5.91 Å². The van der Waals surface area contributed by atoms with Gasteiger partial charge in [-0.2, -0.15) is 8.42 Å². The van der Waals surface area contributed by atoms with Gasteiger partial charge in [-0.15, -0.1) is 0 Å². The Morgan fingerprint density at radius 3 is 2.50 bits per heavy atom. The van der Waals surface area contributed by atoms with Crippen LogP contribution in [-0.4, -0.2) is 57.7 Å². The van der Waals surface area contributed by atoms with Gasteiger partial charge < -0.3 is 11.4 Å². The minimum Gasteiger partial charge on any atom is -1.00 e. The fourth-order valence-electron chi connectivity index (χ4n) is 2.91. The zero-order valence-electron chi connectivity index (χ0n) is 13.9. The van der Waals surface area contributed by atoms with E-state index in [1.54, 1.807) is 18.2 Å². The van der Waals surface area contributed by atoms with Gasteiger partial charge in [0.1, 0.15) is 11.8 Å². The van der Waals surface area contributed by atoms with Crippen LogP contribution < -0.4 is 29.6 Å². The molecule has 2 aliphatic heterocycles. The standard InChI is InChI=1S/C14H14N2O6S.Na.H/c17-10-4-1-9(2-5-10)3-6-12(18)15-8-7-11-13(15)14(19)16(11)23(20,21)22;;/h1-6,11,13,17H,7-8H2,(H,20,21,22);;/q;+1;-1/t11-,13+;;/m1../s1. The Hall–Kier alpha value is -1.39. The molecule has 0 unspecified atom stereocenters. The molecule has 0 spiro atoms. The normalized spacial score (nSPS) is 23.0. The van der Waals surface area contributed by atoms with E-state index in [9.17, 15) is 23.1 Å². The molecule has 0 bridgehead atoms. The monoisotopic (exact) mass is 362 g/mol. The fourth-order valence-corrected chi connectivity index (χ4v) is 3.81. The zero-order chi connectivity index (χ0) is 16.8. The van der Waals surface area contributed by atoms with E-state index in [0.717, 1.165) is 0 Å². The van der Waals surface area contributed by atoms with E-state index in [1.165, 1.54) is 23.1 Å².